The number of carbonyl (C=O) groups is 1. The van der Waals surface area contributed by atoms with Gasteiger partial charge in [-0.3, -0.25) is 9.36 Å². The fourth-order valence-electron chi connectivity index (χ4n) is 4.55. The molecule has 0 radical (unpaired) electrons. The molecule has 1 fully saturated rings. The lowest BCUT2D eigenvalue weighted by Crippen LogP contribution is -2.49. The van der Waals surface area contributed by atoms with Gasteiger partial charge in [-0.1, -0.05) is 59.7 Å². The molecule has 3 aromatic rings. The summed E-state index contributed by atoms with van der Waals surface area (Å²) in [7, 11) is 0. The monoisotopic (exact) mass is 512 g/mol. The Kier molecular flexibility index (Phi) is 6.90. The van der Waals surface area contributed by atoms with Gasteiger partial charge in [-0.2, -0.15) is 13.2 Å². The zero-order valence-corrected chi connectivity index (χ0v) is 22.4. The molecule has 0 saturated carbocycles. The van der Waals surface area contributed by atoms with Crippen LogP contribution >= 0.6 is 0 Å². The van der Waals surface area contributed by atoms with Gasteiger partial charge in [-0.05, 0) is 46.2 Å². The van der Waals surface area contributed by atoms with E-state index in [-0.39, 0.29) is 28.2 Å². The lowest BCUT2D eigenvalue weighted by molar-refractivity contribution is -0.137. The second-order valence-electron chi connectivity index (χ2n) is 11.7. The SMILES string of the molecule is CC(C)(C)c1cc(N2CCN(C(=O)c3nccn3-c3ccccc3C(F)(F)F)CC2)cc(C(C)(C)C)c1. The molecule has 1 saturated heterocycles. The third kappa shape index (κ3) is 5.68. The van der Waals surface area contributed by atoms with E-state index in [0.717, 1.165) is 11.8 Å². The molecule has 5 nitrogen and oxygen atoms in total. The summed E-state index contributed by atoms with van der Waals surface area (Å²) in [6, 6.07) is 12.0. The maximum atomic E-state index is 13.6. The molecule has 2 aromatic carbocycles. The fourth-order valence-corrected chi connectivity index (χ4v) is 4.55. The number of hydrogen-bond donors (Lipinski definition) is 0. The van der Waals surface area contributed by atoms with Gasteiger partial charge in [-0.15, -0.1) is 0 Å². The van der Waals surface area contributed by atoms with Crippen molar-refractivity contribution in [2.75, 3.05) is 31.1 Å². The van der Waals surface area contributed by atoms with Crippen LogP contribution in [0.5, 0.6) is 0 Å². The Labute approximate surface area is 216 Å². The summed E-state index contributed by atoms with van der Waals surface area (Å²) in [4.78, 5) is 21.5. The van der Waals surface area contributed by atoms with Crippen LogP contribution in [0.15, 0.2) is 54.9 Å². The number of rotatable bonds is 3. The Hall–Kier alpha value is -3.29. The molecule has 0 bridgehead atoms. The minimum atomic E-state index is -4.54. The molecule has 198 valence electrons. The number of alkyl halides is 3. The first kappa shape index (κ1) is 26.8. The molecule has 1 aromatic heterocycles. The summed E-state index contributed by atoms with van der Waals surface area (Å²) in [5.74, 6) is -0.393. The van der Waals surface area contributed by atoms with E-state index in [2.05, 4.69) is 69.6 Å². The van der Waals surface area contributed by atoms with Crippen LogP contribution in [-0.4, -0.2) is 46.5 Å². The summed E-state index contributed by atoms with van der Waals surface area (Å²) in [5, 5.41) is 0. The van der Waals surface area contributed by atoms with Crippen LogP contribution in [0.1, 0.15) is 68.9 Å². The van der Waals surface area contributed by atoms with Gasteiger partial charge in [-0.25, -0.2) is 4.98 Å². The number of halogens is 3. The molecule has 0 unspecified atom stereocenters. The number of imidazole rings is 1. The molecular formula is C29H35F3N4O. The first-order valence-corrected chi connectivity index (χ1v) is 12.6. The second-order valence-corrected chi connectivity index (χ2v) is 11.7. The number of carbonyl (C=O) groups excluding carboxylic acids is 1. The number of para-hydroxylation sites is 1. The van der Waals surface area contributed by atoms with Crippen molar-refractivity contribution in [1.82, 2.24) is 14.5 Å². The molecule has 4 rings (SSSR count). The van der Waals surface area contributed by atoms with Crippen molar-refractivity contribution in [3.8, 4) is 5.69 Å². The molecule has 0 spiro atoms. The third-order valence-electron chi connectivity index (χ3n) is 6.88. The average molecular weight is 513 g/mol. The smallest absolute Gasteiger partial charge is 0.368 e. The molecule has 37 heavy (non-hydrogen) atoms. The number of amides is 1. The summed E-state index contributed by atoms with van der Waals surface area (Å²) in [5.41, 5.74) is 2.74. The van der Waals surface area contributed by atoms with Crippen molar-refractivity contribution in [3.63, 3.8) is 0 Å². The van der Waals surface area contributed by atoms with Gasteiger partial charge in [0.25, 0.3) is 5.91 Å². The number of nitrogens with zero attached hydrogens (tertiary/aromatic N) is 4. The van der Waals surface area contributed by atoms with Crippen molar-refractivity contribution < 1.29 is 18.0 Å². The predicted octanol–water partition coefficient (Wildman–Crippen LogP) is 6.45. The summed E-state index contributed by atoms with van der Waals surface area (Å²) in [6.45, 7) is 15.4. The van der Waals surface area contributed by atoms with E-state index in [9.17, 15) is 18.0 Å². The van der Waals surface area contributed by atoms with Gasteiger partial charge in [0.2, 0.25) is 5.82 Å². The second kappa shape index (κ2) is 9.54. The number of hydrogen-bond acceptors (Lipinski definition) is 3. The van der Waals surface area contributed by atoms with E-state index in [1.807, 2.05) is 0 Å². The highest BCUT2D eigenvalue weighted by atomic mass is 19.4. The normalized spacial score (nSPS) is 15.3. The first-order valence-electron chi connectivity index (χ1n) is 12.6. The molecular weight excluding hydrogens is 477 g/mol. The van der Waals surface area contributed by atoms with Crippen LogP contribution in [-0.2, 0) is 17.0 Å². The topological polar surface area (TPSA) is 41.4 Å². The number of anilines is 1. The highest BCUT2D eigenvalue weighted by Crippen LogP contribution is 2.35. The van der Waals surface area contributed by atoms with E-state index in [0.29, 0.717) is 26.2 Å². The number of piperazine rings is 1. The van der Waals surface area contributed by atoms with E-state index < -0.39 is 11.7 Å². The highest BCUT2D eigenvalue weighted by Gasteiger charge is 2.35. The summed E-state index contributed by atoms with van der Waals surface area (Å²) >= 11 is 0. The van der Waals surface area contributed by atoms with Crippen molar-refractivity contribution >= 4 is 11.6 Å². The first-order chi connectivity index (χ1) is 17.2. The molecule has 1 amide bonds. The Morgan fingerprint density at radius 3 is 1.95 bits per heavy atom. The van der Waals surface area contributed by atoms with E-state index in [4.69, 9.17) is 0 Å². The van der Waals surface area contributed by atoms with E-state index in [1.165, 1.54) is 46.3 Å². The molecule has 1 aliphatic rings. The van der Waals surface area contributed by atoms with Gasteiger partial charge < -0.3 is 9.80 Å². The molecule has 8 heteroatoms. The highest BCUT2D eigenvalue weighted by molar-refractivity contribution is 5.91. The quantitative estimate of drug-likeness (QED) is 0.405. The maximum Gasteiger partial charge on any atom is 0.418 e. The predicted molar refractivity (Wildman–Crippen MR) is 141 cm³/mol. The molecule has 0 atom stereocenters. The van der Waals surface area contributed by atoms with Crippen molar-refractivity contribution in [3.05, 3.63) is 77.4 Å². The maximum absolute atomic E-state index is 13.6. The Morgan fingerprint density at radius 2 is 1.41 bits per heavy atom. The fraction of sp³-hybridized carbons (Fsp3) is 0.448. The van der Waals surface area contributed by atoms with Gasteiger partial charge in [0.05, 0.1) is 11.3 Å². The summed E-state index contributed by atoms with van der Waals surface area (Å²) in [6.07, 6.45) is -1.77. The third-order valence-corrected chi connectivity index (χ3v) is 6.88. The van der Waals surface area contributed by atoms with Crippen LogP contribution in [0.2, 0.25) is 0 Å². The van der Waals surface area contributed by atoms with Crippen molar-refractivity contribution in [2.45, 2.75) is 58.5 Å². The Balaban J connectivity index is 1.56. The standard InChI is InChI=1S/C29H35F3N4O/c1-27(2,3)20-17-21(28(4,5)6)19-22(18-20)34-13-15-35(16-14-34)26(37)25-33-11-12-36(25)24-10-8-7-9-23(24)29(30,31)32/h7-12,17-19H,13-16H2,1-6H3. The molecule has 1 aliphatic heterocycles. The van der Waals surface area contributed by atoms with Crippen molar-refractivity contribution in [1.29, 1.82) is 0 Å². The molecule has 0 aliphatic carbocycles. The zero-order valence-electron chi connectivity index (χ0n) is 22.4. The van der Waals surface area contributed by atoms with Crippen LogP contribution < -0.4 is 4.90 Å². The van der Waals surface area contributed by atoms with Gasteiger partial charge >= 0.3 is 6.18 Å². The lowest BCUT2D eigenvalue weighted by Gasteiger charge is -2.37. The van der Waals surface area contributed by atoms with Crippen molar-refractivity contribution in [2.24, 2.45) is 0 Å². The largest absolute Gasteiger partial charge is 0.418 e. The number of benzene rings is 2. The Bertz CT molecular complexity index is 1240. The van der Waals surface area contributed by atoms with Gasteiger partial charge in [0.15, 0.2) is 0 Å². The van der Waals surface area contributed by atoms with Crippen LogP contribution in [0.25, 0.3) is 5.69 Å². The Morgan fingerprint density at radius 1 is 0.838 bits per heavy atom. The van der Waals surface area contributed by atoms with E-state index >= 15 is 0 Å². The van der Waals surface area contributed by atoms with Crippen LogP contribution in [0.4, 0.5) is 18.9 Å². The average Bonchev–Trinajstić information content (AvgIpc) is 3.32. The minimum absolute atomic E-state index is 0.00240. The molecule has 2 heterocycles. The number of aromatic nitrogens is 2. The minimum Gasteiger partial charge on any atom is -0.368 e. The van der Waals surface area contributed by atoms with Crippen LogP contribution in [0.3, 0.4) is 0 Å². The van der Waals surface area contributed by atoms with E-state index in [1.54, 1.807) is 4.90 Å². The van der Waals surface area contributed by atoms with Gasteiger partial charge in [0, 0.05) is 44.3 Å². The lowest BCUT2D eigenvalue weighted by atomic mass is 9.80. The molecule has 0 N–H and O–H groups in total. The summed E-state index contributed by atoms with van der Waals surface area (Å²) < 4.78 is 42.0. The zero-order chi connectivity index (χ0) is 27.2. The van der Waals surface area contributed by atoms with Crippen LogP contribution in [0, 0.1) is 0 Å². The van der Waals surface area contributed by atoms with Gasteiger partial charge in [0.1, 0.15) is 0 Å².